The van der Waals surface area contributed by atoms with Gasteiger partial charge in [-0.05, 0) is 55.5 Å². The van der Waals surface area contributed by atoms with Crippen LogP contribution in [-0.4, -0.2) is 20.4 Å². The minimum Gasteiger partial charge on any atom is -0.457 e. The number of nitrogens with one attached hydrogen (secondary N) is 2. The number of sulfonamides is 1. The lowest BCUT2D eigenvalue weighted by atomic mass is 10.2. The zero-order valence-corrected chi connectivity index (χ0v) is 16.0. The third-order valence-electron chi connectivity index (χ3n) is 3.88. The monoisotopic (exact) mass is 396 g/mol. The van der Waals surface area contributed by atoms with Crippen LogP contribution in [0, 0.1) is 0 Å². The Kier molecular flexibility index (Phi) is 6.08. The van der Waals surface area contributed by atoms with E-state index in [0.717, 1.165) is 0 Å². The molecule has 0 unspecified atom stereocenters. The van der Waals surface area contributed by atoms with E-state index in [9.17, 15) is 13.2 Å². The van der Waals surface area contributed by atoms with Crippen LogP contribution in [0.15, 0.2) is 89.8 Å². The summed E-state index contributed by atoms with van der Waals surface area (Å²) in [6, 6.07) is 23.1. The Hall–Kier alpha value is -3.16. The van der Waals surface area contributed by atoms with Crippen molar-refractivity contribution < 1.29 is 17.9 Å². The number of anilines is 1. The van der Waals surface area contributed by atoms with Gasteiger partial charge >= 0.3 is 0 Å². The van der Waals surface area contributed by atoms with Crippen molar-refractivity contribution in [1.82, 2.24) is 4.72 Å². The molecule has 0 saturated carbocycles. The van der Waals surface area contributed by atoms with Crippen molar-refractivity contribution in [3.05, 3.63) is 84.9 Å². The lowest BCUT2D eigenvalue weighted by Gasteiger charge is -2.15. The number of para-hydroxylation sites is 1. The molecule has 0 spiro atoms. The average molecular weight is 396 g/mol. The number of carbonyl (C=O) groups excluding carboxylic acids is 1. The number of amides is 1. The molecule has 2 N–H and O–H groups in total. The molecule has 0 bridgehead atoms. The molecule has 0 radical (unpaired) electrons. The van der Waals surface area contributed by atoms with Gasteiger partial charge in [0.25, 0.3) is 0 Å². The van der Waals surface area contributed by atoms with Gasteiger partial charge in [0.15, 0.2) is 0 Å². The van der Waals surface area contributed by atoms with Gasteiger partial charge in [-0.3, -0.25) is 4.79 Å². The Labute approximate surface area is 164 Å². The number of rotatable bonds is 7. The molecule has 0 aliphatic heterocycles. The highest BCUT2D eigenvalue weighted by Gasteiger charge is 2.21. The van der Waals surface area contributed by atoms with Gasteiger partial charge in [0, 0.05) is 5.69 Å². The van der Waals surface area contributed by atoms with E-state index in [1.54, 1.807) is 42.5 Å². The first-order valence-corrected chi connectivity index (χ1v) is 10.1. The van der Waals surface area contributed by atoms with Crippen LogP contribution in [0.25, 0.3) is 0 Å². The summed E-state index contributed by atoms with van der Waals surface area (Å²) in [5.74, 6) is 0.876. The van der Waals surface area contributed by atoms with Gasteiger partial charge < -0.3 is 10.1 Å². The van der Waals surface area contributed by atoms with Gasteiger partial charge in [0.2, 0.25) is 15.9 Å². The van der Waals surface area contributed by atoms with Crippen molar-refractivity contribution in [2.24, 2.45) is 0 Å². The van der Waals surface area contributed by atoms with Crippen LogP contribution in [0.4, 0.5) is 5.69 Å². The average Bonchev–Trinajstić information content (AvgIpc) is 2.70. The largest absolute Gasteiger partial charge is 0.457 e. The van der Waals surface area contributed by atoms with E-state index in [2.05, 4.69) is 10.0 Å². The molecule has 1 atom stereocenters. The van der Waals surface area contributed by atoms with E-state index in [0.29, 0.717) is 17.2 Å². The second-order valence-electron chi connectivity index (χ2n) is 6.08. The summed E-state index contributed by atoms with van der Waals surface area (Å²) in [6.07, 6.45) is 0. The van der Waals surface area contributed by atoms with Crippen LogP contribution in [0.1, 0.15) is 6.92 Å². The molecule has 0 fully saturated rings. The number of carbonyl (C=O) groups is 1. The topological polar surface area (TPSA) is 84.5 Å². The molecule has 0 aliphatic carbocycles. The first kappa shape index (κ1) is 19.6. The molecule has 6 nitrogen and oxygen atoms in total. The molecule has 28 heavy (non-hydrogen) atoms. The minimum absolute atomic E-state index is 0.108. The maximum absolute atomic E-state index is 12.3. The zero-order valence-electron chi connectivity index (χ0n) is 15.2. The van der Waals surface area contributed by atoms with E-state index in [1.165, 1.54) is 19.1 Å². The fraction of sp³-hybridized carbons (Fsp3) is 0.0952. The minimum atomic E-state index is -3.77. The number of benzene rings is 3. The molecule has 144 valence electrons. The van der Waals surface area contributed by atoms with E-state index >= 15 is 0 Å². The van der Waals surface area contributed by atoms with Crippen LogP contribution in [0.2, 0.25) is 0 Å². The van der Waals surface area contributed by atoms with Crippen molar-refractivity contribution in [3.8, 4) is 11.5 Å². The summed E-state index contributed by atoms with van der Waals surface area (Å²) < 4.78 is 32.7. The molecule has 0 heterocycles. The Morgan fingerprint density at radius 1 is 0.821 bits per heavy atom. The fourth-order valence-electron chi connectivity index (χ4n) is 2.44. The van der Waals surface area contributed by atoms with Gasteiger partial charge in [0.05, 0.1) is 10.9 Å². The normalized spacial score (nSPS) is 12.2. The molecule has 1 amide bonds. The Morgan fingerprint density at radius 3 is 1.96 bits per heavy atom. The molecule has 7 heteroatoms. The molecule has 3 aromatic carbocycles. The van der Waals surface area contributed by atoms with Crippen LogP contribution in [0.3, 0.4) is 0 Å². The summed E-state index contributed by atoms with van der Waals surface area (Å²) in [4.78, 5) is 12.4. The zero-order chi connectivity index (χ0) is 20.0. The number of hydrogen-bond donors (Lipinski definition) is 2. The molecule has 3 rings (SSSR count). The van der Waals surface area contributed by atoms with E-state index < -0.39 is 22.0 Å². The summed E-state index contributed by atoms with van der Waals surface area (Å²) in [5, 5.41) is 2.69. The summed E-state index contributed by atoms with van der Waals surface area (Å²) in [6.45, 7) is 1.49. The van der Waals surface area contributed by atoms with Crippen molar-refractivity contribution in [1.29, 1.82) is 0 Å². The molecule has 0 saturated heterocycles. The second kappa shape index (κ2) is 8.69. The quantitative estimate of drug-likeness (QED) is 0.636. The van der Waals surface area contributed by atoms with Crippen molar-refractivity contribution in [2.75, 3.05) is 5.32 Å². The number of ether oxygens (including phenoxy) is 1. The van der Waals surface area contributed by atoms with Gasteiger partial charge in [-0.2, -0.15) is 4.72 Å². The fourth-order valence-corrected chi connectivity index (χ4v) is 3.66. The lowest BCUT2D eigenvalue weighted by molar-refractivity contribution is -0.117. The lowest BCUT2D eigenvalue weighted by Crippen LogP contribution is -2.41. The van der Waals surface area contributed by atoms with Crippen LogP contribution in [-0.2, 0) is 14.8 Å². The Bertz CT molecular complexity index is 1020. The van der Waals surface area contributed by atoms with E-state index in [4.69, 9.17) is 4.74 Å². The highest BCUT2D eigenvalue weighted by molar-refractivity contribution is 7.89. The Morgan fingerprint density at radius 2 is 1.36 bits per heavy atom. The predicted octanol–water partition coefficient (Wildman–Crippen LogP) is 3.78. The smallest absolute Gasteiger partial charge is 0.242 e. The van der Waals surface area contributed by atoms with Gasteiger partial charge in [-0.1, -0.05) is 36.4 Å². The maximum atomic E-state index is 12.3. The van der Waals surface area contributed by atoms with Crippen molar-refractivity contribution in [2.45, 2.75) is 17.9 Å². The van der Waals surface area contributed by atoms with Crippen molar-refractivity contribution in [3.63, 3.8) is 0 Å². The summed E-state index contributed by atoms with van der Waals surface area (Å²) in [7, 11) is -3.77. The van der Waals surface area contributed by atoms with Crippen LogP contribution in [0.5, 0.6) is 11.5 Å². The van der Waals surface area contributed by atoms with Crippen LogP contribution < -0.4 is 14.8 Å². The summed E-state index contributed by atoms with van der Waals surface area (Å²) >= 11 is 0. The highest BCUT2D eigenvalue weighted by Crippen LogP contribution is 2.22. The van der Waals surface area contributed by atoms with Gasteiger partial charge in [-0.25, -0.2) is 8.42 Å². The predicted molar refractivity (Wildman–Crippen MR) is 108 cm³/mol. The molecule has 0 aliphatic rings. The maximum Gasteiger partial charge on any atom is 0.242 e. The third-order valence-corrected chi connectivity index (χ3v) is 5.44. The van der Waals surface area contributed by atoms with E-state index in [1.807, 2.05) is 30.3 Å². The standard InChI is InChI=1S/C21H20N2O4S/c1-16(23-28(25,26)20-10-6-3-7-11-20)21(24)22-17-12-14-19(15-13-17)27-18-8-4-2-5-9-18/h2-16,23H,1H3,(H,22,24)/t16-/m1/s1. The third kappa shape index (κ3) is 5.18. The van der Waals surface area contributed by atoms with Gasteiger partial charge in [-0.15, -0.1) is 0 Å². The first-order chi connectivity index (χ1) is 13.4. The molecular weight excluding hydrogens is 376 g/mol. The second-order valence-corrected chi connectivity index (χ2v) is 7.80. The Balaban J connectivity index is 1.59. The molecule has 0 aromatic heterocycles. The SMILES string of the molecule is C[C@@H](NS(=O)(=O)c1ccccc1)C(=O)Nc1ccc(Oc2ccccc2)cc1. The summed E-state index contributed by atoms with van der Waals surface area (Å²) in [5.41, 5.74) is 0.538. The first-order valence-electron chi connectivity index (χ1n) is 8.65. The van der Waals surface area contributed by atoms with E-state index in [-0.39, 0.29) is 4.90 Å². The number of hydrogen-bond acceptors (Lipinski definition) is 4. The highest BCUT2D eigenvalue weighted by atomic mass is 32.2. The van der Waals surface area contributed by atoms with Crippen LogP contribution >= 0.6 is 0 Å². The van der Waals surface area contributed by atoms with Crippen molar-refractivity contribution >= 4 is 21.6 Å². The molecule has 3 aromatic rings. The van der Waals surface area contributed by atoms with Gasteiger partial charge in [0.1, 0.15) is 11.5 Å². The molecular formula is C21H20N2O4S.